The highest BCUT2D eigenvalue weighted by molar-refractivity contribution is 6.18. The van der Waals surface area contributed by atoms with E-state index in [4.69, 9.17) is 25.8 Å². The Morgan fingerprint density at radius 1 is 1.35 bits per heavy atom. The predicted octanol–water partition coefficient (Wildman–Crippen LogP) is 3.13. The van der Waals surface area contributed by atoms with Crippen LogP contribution in [0.15, 0.2) is 24.3 Å². The molecule has 2 unspecified atom stereocenters. The molecule has 1 fully saturated rings. The third kappa shape index (κ3) is 3.35. The molecule has 1 saturated heterocycles. The van der Waals surface area contributed by atoms with Crippen molar-refractivity contribution < 1.29 is 14.2 Å². The van der Waals surface area contributed by atoms with E-state index in [1.54, 1.807) is 0 Å². The first kappa shape index (κ1) is 12.7. The molecule has 0 aromatic heterocycles. The lowest BCUT2D eigenvalue weighted by Gasteiger charge is -2.11. The number of hydrogen-bond acceptors (Lipinski definition) is 3. The summed E-state index contributed by atoms with van der Waals surface area (Å²) in [5.41, 5.74) is 1.00. The molecule has 3 nitrogen and oxygen atoms in total. The standard InChI is InChI=1S/C13H17ClO3/c1-2-7-15-11-5-3-10(4-6-11)13-16-9-12(8-14)17-13/h3-6,12-13H,2,7-9H2,1H3. The van der Waals surface area contributed by atoms with E-state index in [-0.39, 0.29) is 12.4 Å². The van der Waals surface area contributed by atoms with Gasteiger partial charge in [-0.2, -0.15) is 0 Å². The van der Waals surface area contributed by atoms with Crippen LogP contribution >= 0.6 is 11.6 Å². The van der Waals surface area contributed by atoms with Crippen LogP contribution in [0.3, 0.4) is 0 Å². The molecule has 0 amide bonds. The number of benzene rings is 1. The minimum atomic E-state index is -0.293. The zero-order chi connectivity index (χ0) is 12.1. The fraction of sp³-hybridized carbons (Fsp3) is 0.538. The molecule has 2 rings (SSSR count). The molecule has 1 aliphatic heterocycles. The van der Waals surface area contributed by atoms with Crippen LogP contribution in [0.2, 0.25) is 0 Å². The predicted molar refractivity (Wildman–Crippen MR) is 66.5 cm³/mol. The van der Waals surface area contributed by atoms with Gasteiger partial charge in [0.2, 0.25) is 0 Å². The summed E-state index contributed by atoms with van der Waals surface area (Å²) in [5, 5.41) is 0. The minimum Gasteiger partial charge on any atom is -0.494 e. The van der Waals surface area contributed by atoms with E-state index in [2.05, 4.69) is 6.92 Å². The zero-order valence-corrected chi connectivity index (χ0v) is 10.7. The molecule has 94 valence electrons. The maximum absolute atomic E-state index is 5.72. The highest BCUT2D eigenvalue weighted by Gasteiger charge is 2.26. The SMILES string of the molecule is CCCOc1ccc(C2OCC(CCl)O2)cc1. The van der Waals surface area contributed by atoms with Gasteiger partial charge in [-0.1, -0.05) is 19.1 Å². The van der Waals surface area contributed by atoms with Crippen molar-refractivity contribution in [1.82, 2.24) is 0 Å². The molecular weight excluding hydrogens is 240 g/mol. The maximum Gasteiger partial charge on any atom is 0.184 e. The van der Waals surface area contributed by atoms with Crippen molar-refractivity contribution in [3.8, 4) is 5.75 Å². The van der Waals surface area contributed by atoms with E-state index in [1.807, 2.05) is 24.3 Å². The Bertz CT molecular complexity index is 339. The van der Waals surface area contributed by atoms with Crippen molar-refractivity contribution in [2.24, 2.45) is 0 Å². The second kappa shape index (κ2) is 6.24. The lowest BCUT2D eigenvalue weighted by atomic mass is 10.2. The second-order valence-electron chi connectivity index (χ2n) is 4.00. The van der Waals surface area contributed by atoms with Crippen LogP contribution in [0.25, 0.3) is 0 Å². The first-order valence-electron chi connectivity index (χ1n) is 5.89. The van der Waals surface area contributed by atoms with E-state index < -0.39 is 0 Å². The molecule has 17 heavy (non-hydrogen) atoms. The van der Waals surface area contributed by atoms with Gasteiger partial charge in [-0.15, -0.1) is 11.6 Å². The third-order valence-corrected chi connectivity index (χ3v) is 2.89. The monoisotopic (exact) mass is 256 g/mol. The van der Waals surface area contributed by atoms with Crippen LogP contribution in [-0.4, -0.2) is 25.2 Å². The summed E-state index contributed by atoms with van der Waals surface area (Å²) in [6, 6.07) is 7.80. The van der Waals surface area contributed by atoms with Gasteiger partial charge in [-0.3, -0.25) is 0 Å². The summed E-state index contributed by atoms with van der Waals surface area (Å²) < 4.78 is 16.7. The molecule has 1 aliphatic rings. The van der Waals surface area contributed by atoms with Gasteiger partial charge < -0.3 is 14.2 Å². The largest absolute Gasteiger partial charge is 0.494 e. The summed E-state index contributed by atoms with van der Waals surface area (Å²) in [7, 11) is 0. The Kier molecular flexibility index (Phi) is 4.66. The Morgan fingerprint density at radius 2 is 2.12 bits per heavy atom. The number of hydrogen-bond donors (Lipinski definition) is 0. The van der Waals surface area contributed by atoms with Crippen LogP contribution in [0.1, 0.15) is 25.2 Å². The lowest BCUT2D eigenvalue weighted by Crippen LogP contribution is -2.10. The Labute approximate surface area is 107 Å². The van der Waals surface area contributed by atoms with E-state index in [1.165, 1.54) is 0 Å². The summed E-state index contributed by atoms with van der Waals surface area (Å²) in [4.78, 5) is 0. The molecular formula is C13H17ClO3. The normalized spacial score (nSPS) is 23.9. The fourth-order valence-corrected chi connectivity index (χ4v) is 1.81. The zero-order valence-electron chi connectivity index (χ0n) is 9.90. The molecule has 0 spiro atoms. The van der Waals surface area contributed by atoms with Gasteiger partial charge in [0.1, 0.15) is 5.75 Å². The highest BCUT2D eigenvalue weighted by atomic mass is 35.5. The van der Waals surface area contributed by atoms with Crippen molar-refractivity contribution in [1.29, 1.82) is 0 Å². The number of rotatable bonds is 5. The van der Waals surface area contributed by atoms with Gasteiger partial charge in [0, 0.05) is 5.56 Å². The summed E-state index contributed by atoms with van der Waals surface area (Å²) in [6.07, 6.45) is 0.713. The number of halogens is 1. The maximum atomic E-state index is 5.72. The summed E-state index contributed by atoms with van der Waals surface area (Å²) in [5.74, 6) is 1.34. The van der Waals surface area contributed by atoms with Gasteiger partial charge >= 0.3 is 0 Å². The van der Waals surface area contributed by atoms with Crippen LogP contribution in [0, 0.1) is 0 Å². The number of ether oxygens (including phenoxy) is 3. The van der Waals surface area contributed by atoms with E-state index >= 15 is 0 Å². The molecule has 0 bridgehead atoms. The summed E-state index contributed by atoms with van der Waals surface area (Å²) in [6.45, 7) is 3.38. The van der Waals surface area contributed by atoms with Crippen molar-refractivity contribution in [2.45, 2.75) is 25.7 Å². The van der Waals surface area contributed by atoms with Crippen molar-refractivity contribution >= 4 is 11.6 Å². The van der Waals surface area contributed by atoms with E-state index in [0.29, 0.717) is 12.5 Å². The van der Waals surface area contributed by atoms with Crippen LogP contribution in [0.5, 0.6) is 5.75 Å². The highest BCUT2D eigenvalue weighted by Crippen LogP contribution is 2.28. The fourth-order valence-electron chi connectivity index (χ4n) is 1.64. The van der Waals surface area contributed by atoms with Crippen LogP contribution < -0.4 is 4.74 Å². The van der Waals surface area contributed by atoms with Gasteiger partial charge in [-0.25, -0.2) is 0 Å². The van der Waals surface area contributed by atoms with Crippen LogP contribution in [0.4, 0.5) is 0 Å². The number of alkyl halides is 1. The van der Waals surface area contributed by atoms with Gasteiger partial charge in [0.05, 0.1) is 25.2 Å². The smallest absolute Gasteiger partial charge is 0.184 e. The van der Waals surface area contributed by atoms with Gasteiger partial charge in [0.15, 0.2) is 6.29 Å². The first-order chi connectivity index (χ1) is 8.33. The minimum absolute atomic E-state index is 0.00214. The molecule has 0 saturated carbocycles. The molecule has 0 radical (unpaired) electrons. The molecule has 1 aromatic carbocycles. The van der Waals surface area contributed by atoms with Crippen molar-refractivity contribution in [3.05, 3.63) is 29.8 Å². The molecule has 1 aromatic rings. The molecule has 4 heteroatoms. The third-order valence-electron chi connectivity index (χ3n) is 2.55. The second-order valence-corrected chi connectivity index (χ2v) is 4.30. The average molecular weight is 257 g/mol. The van der Waals surface area contributed by atoms with E-state index in [9.17, 15) is 0 Å². The van der Waals surface area contributed by atoms with Gasteiger partial charge in [0.25, 0.3) is 0 Å². The van der Waals surface area contributed by atoms with Crippen molar-refractivity contribution in [2.75, 3.05) is 19.1 Å². The first-order valence-corrected chi connectivity index (χ1v) is 6.42. The topological polar surface area (TPSA) is 27.7 Å². The van der Waals surface area contributed by atoms with Crippen LogP contribution in [-0.2, 0) is 9.47 Å². The van der Waals surface area contributed by atoms with Crippen molar-refractivity contribution in [3.63, 3.8) is 0 Å². The Hall–Kier alpha value is -0.770. The average Bonchev–Trinajstić information content (AvgIpc) is 2.86. The molecule has 0 N–H and O–H groups in total. The Balaban J connectivity index is 1.94. The van der Waals surface area contributed by atoms with E-state index in [0.717, 1.165) is 24.3 Å². The summed E-state index contributed by atoms with van der Waals surface area (Å²) >= 11 is 5.72. The molecule has 0 aliphatic carbocycles. The molecule has 1 heterocycles. The van der Waals surface area contributed by atoms with Gasteiger partial charge in [-0.05, 0) is 18.6 Å². The Morgan fingerprint density at radius 3 is 2.71 bits per heavy atom. The molecule has 2 atom stereocenters. The lowest BCUT2D eigenvalue weighted by molar-refractivity contribution is -0.0567. The quantitative estimate of drug-likeness (QED) is 0.758.